The van der Waals surface area contributed by atoms with Crippen LogP contribution in [0.5, 0.6) is 0 Å². The van der Waals surface area contributed by atoms with Gasteiger partial charge in [0.05, 0.1) is 6.54 Å². The fourth-order valence-electron chi connectivity index (χ4n) is 3.45. The Kier molecular flexibility index (Phi) is 10.9. The van der Waals surface area contributed by atoms with Crippen LogP contribution in [0.1, 0.15) is 28.4 Å². The number of pyridine rings is 1. The SMILES string of the molecule is CCNC(=NCc1ccc(N2CCN(C)CC2)nc1)NCc1ccc(C(=O)N(C)C)cc1.I. The minimum Gasteiger partial charge on any atom is -0.357 e. The standard InChI is InChI=1S/C24H35N7O.HI/c1-5-25-24(27-16-19-6-9-21(10-7-19)23(32)29(2)3)28-18-20-8-11-22(26-17-20)31-14-12-30(4)13-15-31;/h6-11,17H,5,12-16,18H2,1-4H3,(H2,25,27,28);1H. The van der Waals surface area contributed by atoms with Crippen LogP contribution in [0.4, 0.5) is 5.82 Å². The molecule has 1 aliphatic heterocycles. The summed E-state index contributed by atoms with van der Waals surface area (Å²) < 4.78 is 0. The molecular weight excluding hydrogens is 529 g/mol. The van der Waals surface area contributed by atoms with E-state index < -0.39 is 0 Å². The maximum atomic E-state index is 12.0. The maximum absolute atomic E-state index is 12.0. The number of carbonyl (C=O) groups is 1. The van der Waals surface area contributed by atoms with Crippen molar-refractivity contribution >= 4 is 41.7 Å². The van der Waals surface area contributed by atoms with E-state index in [4.69, 9.17) is 4.99 Å². The highest BCUT2D eigenvalue weighted by atomic mass is 127. The number of hydrogen-bond acceptors (Lipinski definition) is 5. The van der Waals surface area contributed by atoms with Crippen LogP contribution in [0.15, 0.2) is 47.6 Å². The Morgan fingerprint density at radius 3 is 2.27 bits per heavy atom. The molecule has 0 aliphatic carbocycles. The minimum atomic E-state index is 0. The zero-order chi connectivity index (χ0) is 22.9. The van der Waals surface area contributed by atoms with Crippen LogP contribution in [-0.4, -0.2) is 80.5 Å². The van der Waals surface area contributed by atoms with Crippen LogP contribution >= 0.6 is 24.0 Å². The molecule has 0 radical (unpaired) electrons. The summed E-state index contributed by atoms with van der Waals surface area (Å²) in [6.45, 7) is 8.18. The summed E-state index contributed by atoms with van der Waals surface area (Å²) in [6.07, 6.45) is 1.92. The molecule has 2 aromatic rings. The van der Waals surface area contributed by atoms with Crippen LogP contribution < -0.4 is 15.5 Å². The first-order chi connectivity index (χ1) is 15.5. The molecule has 0 saturated carbocycles. The predicted octanol–water partition coefficient (Wildman–Crippen LogP) is 2.41. The van der Waals surface area contributed by atoms with Crippen LogP contribution in [-0.2, 0) is 13.1 Å². The second-order valence-corrected chi connectivity index (χ2v) is 8.26. The highest BCUT2D eigenvalue weighted by Gasteiger charge is 2.15. The summed E-state index contributed by atoms with van der Waals surface area (Å²) >= 11 is 0. The van der Waals surface area contributed by atoms with Crippen molar-refractivity contribution in [3.8, 4) is 0 Å². The van der Waals surface area contributed by atoms with Gasteiger partial charge in [0.2, 0.25) is 0 Å². The van der Waals surface area contributed by atoms with Gasteiger partial charge in [-0.15, -0.1) is 24.0 Å². The van der Waals surface area contributed by atoms with Gasteiger partial charge in [0, 0.05) is 65.1 Å². The molecule has 1 aromatic heterocycles. The van der Waals surface area contributed by atoms with Gasteiger partial charge in [0.15, 0.2) is 5.96 Å². The number of amides is 1. The number of halogens is 1. The monoisotopic (exact) mass is 565 g/mol. The van der Waals surface area contributed by atoms with Crippen molar-refractivity contribution in [2.45, 2.75) is 20.0 Å². The quantitative estimate of drug-likeness (QED) is 0.305. The zero-order valence-corrected chi connectivity index (χ0v) is 22.4. The molecule has 0 spiro atoms. The van der Waals surface area contributed by atoms with Gasteiger partial charge < -0.3 is 25.3 Å². The topological polar surface area (TPSA) is 76.1 Å². The van der Waals surface area contributed by atoms with E-state index >= 15 is 0 Å². The largest absolute Gasteiger partial charge is 0.357 e. The Hall–Kier alpha value is -2.40. The molecule has 9 heteroatoms. The van der Waals surface area contributed by atoms with Crippen molar-refractivity contribution in [3.63, 3.8) is 0 Å². The molecule has 33 heavy (non-hydrogen) atoms. The van der Waals surface area contributed by atoms with Crippen LogP contribution in [0.2, 0.25) is 0 Å². The molecule has 180 valence electrons. The molecule has 0 unspecified atom stereocenters. The van der Waals surface area contributed by atoms with Crippen LogP contribution in [0.3, 0.4) is 0 Å². The molecule has 1 aromatic carbocycles. The number of anilines is 1. The molecule has 2 heterocycles. The Bertz CT molecular complexity index is 892. The van der Waals surface area contributed by atoms with E-state index in [1.54, 1.807) is 19.0 Å². The van der Waals surface area contributed by atoms with Crippen molar-refractivity contribution in [2.75, 3.05) is 58.8 Å². The number of nitrogens with one attached hydrogen (secondary N) is 2. The van der Waals surface area contributed by atoms with Gasteiger partial charge >= 0.3 is 0 Å². The average Bonchev–Trinajstić information content (AvgIpc) is 2.81. The molecule has 3 rings (SSSR count). The zero-order valence-electron chi connectivity index (χ0n) is 20.0. The Morgan fingerprint density at radius 2 is 1.70 bits per heavy atom. The fraction of sp³-hybridized carbons (Fsp3) is 0.458. The lowest BCUT2D eigenvalue weighted by Gasteiger charge is -2.33. The summed E-state index contributed by atoms with van der Waals surface area (Å²) in [7, 11) is 5.67. The van der Waals surface area contributed by atoms with Crippen molar-refractivity contribution in [2.24, 2.45) is 4.99 Å². The van der Waals surface area contributed by atoms with Crippen molar-refractivity contribution in [1.82, 2.24) is 25.4 Å². The Labute approximate surface area is 214 Å². The van der Waals surface area contributed by atoms with E-state index in [1.165, 1.54) is 0 Å². The summed E-state index contributed by atoms with van der Waals surface area (Å²) in [5.41, 5.74) is 2.85. The number of benzene rings is 1. The average molecular weight is 566 g/mol. The third kappa shape index (κ3) is 8.15. The fourth-order valence-corrected chi connectivity index (χ4v) is 3.45. The van der Waals surface area contributed by atoms with Crippen molar-refractivity contribution < 1.29 is 4.79 Å². The number of rotatable bonds is 7. The van der Waals surface area contributed by atoms with Crippen LogP contribution in [0.25, 0.3) is 0 Å². The normalized spacial score (nSPS) is 14.4. The Morgan fingerprint density at radius 1 is 1.03 bits per heavy atom. The second-order valence-electron chi connectivity index (χ2n) is 8.26. The summed E-state index contributed by atoms with van der Waals surface area (Å²) in [5, 5.41) is 6.64. The predicted molar refractivity (Wildman–Crippen MR) is 145 cm³/mol. The molecule has 0 bridgehead atoms. The lowest BCUT2D eigenvalue weighted by Crippen LogP contribution is -2.44. The molecule has 1 saturated heterocycles. The number of aromatic nitrogens is 1. The van der Waals surface area contributed by atoms with Gasteiger partial charge in [0.1, 0.15) is 5.82 Å². The molecule has 8 nitrogen and oxygen atoms in total. The van der Waals surface area contributed by atoms with Crippen molar-refractivity contribution in [1.29, 1.82) is 0 Å². The van der Waals surface area contributed by atoms with Gasteiger partial charge in [-0.05, 0) is 43.3 Å². The van der Waals surface area contributed by atoms with Gasteiger partial charge in [-0.25, -0.2) is 9.98 Å². The molecule has 0 atom stereocenters. The molecule has 1 aliphatic rings. The van der Waals surface area contributed by atoms with Crippen molar-refractivity contribution in [3.05, 3.63) is 59.3 Å². The first-order valence-electron chi connectivity index (χ1n) is 11.2. The first-order valence-corrected chi connectivity index (χ1v) is 11.2. The van der Waals surface area contributed by atoms with E-state index in [9.17, 15) is 4.79 Å². The minimum absolute atomic E-state index is 0. The van der Waals surface area contributed by atoms with Gasteiger partial charge in [-0.3, -0.25) is 4.79 Å². The number of aliphatic imine (C=N–C) groups is 1. The first kappa shape index (κ1) is 26.8. The molecule has 2 N–H and O–H groups in total. The summed E-state index contributed by atoms with van der Waals surface area (Å²) in [6, 6.07) is 11.8. The third-order valence-corrected chi connectivity index (χ3v) is 5.47. The lowest BCUT2D eigenvalue weighted by atomic mass is 10.1. The third-order valence-electron chi connectivity index (χ3n) is 5.47. The van der Waals surface area contributed by atoms with E-state index in [2.05, 4.69) is 44.6 Å². The number of guanidine groups is 1. The second kappa shape index (κ2) is 13.3. The van der Waals surface area contributed by atoms with E-state index in [0.29, 0.717) is 18.7 Å². The van der Waals surface area contributed by atoms with E-state index in [0.717, 1.165) is 55.6 Å². The summed E-state index contributed by atoms with van der Waals surface area (Å²) in [4.78, 5) is 27.6. The summed E-state index contributed by atoms with van der Waals surface area (Å²) in [5.74, 6) is 1.79. The number of carbonyl (C=O) groups excluding carboxylic acids is 1. The van der Waals surface area contributed by atoms with Gasteiger partial charge in [-0.1, -0.05) is 18.2 Å². The van der Waals surface area contributed by atoms with E-state index in [-0.39, 0.29) is 29.9 Å². The highest BCUT2D eigenvalue weighted by molar-refractivity contribution is 14.0. The number of hydrogen-bond donors (Lipinski definition) is 2. The number of nitrogens with zero attached hydrogens (tertiary/aromatic N) is 5. The molecular formula is C24H36IN7O. The molecule has 1 fully saturated rings. The van der Waals surface area contributed by atoms with Crippen LogP contribution in [0, 0.1) is 0 Å². The van der Waals surface area contributed by atoms with E-state index in [1.807, 2.05) is 37.4 Å². The highest BCUT2D eigenvalue weighted by Crippen LogP contribution is 2.14. The Balaban J connectivity index is 0.00000385. The lowest BCUT2D eigenvalue weighted by molar-refractivity contribution is 0.0827. The smallest absolute Gasteiger partial charge is 0.253 e. The van der Waals surface area contributed by atoms with Gasteiger partial charge in [-0.2, -0.15) is 0 Å². The number of likely N-dealkylation sites (N-methyl/N-ethyl adjacent to an activating group) is 1. The van der Waals surface area contributed by atoms with Gasteiger partial charge in [0.25, 0.3) is 5.91 Å². The number of piperazine rings is 1. The molecule has 1 amide bonds. The maximum Gasteiger partial charge on any atom is 0.253 e.